The Morgan fingerprint density at radius 3 is 2.60 bits per heavy atom. The van der Waals surface area contributed by atoms with E-state index in [9.17, 15) is 9.90 Å². The normalized spacial score (nSPS) is 29.1. The number of hydrogen-bond acceptors (Lipinski definition) is 2. The first-order valence-electron chi connectivity index (χ1n) is 7.30. The number of amides is 1. The molecule has 0 radical (unpaired) electrons. The fraction of sp³-hybridized carbons (Fsp3) is 0.438. The molecule has 0 saturated carbocycles. The molecule has 1 amide bonds. The average Bonchev–Trinajstić information content (AvgIpc) is 2.98. The molecule has 0 aromatic carbocycles. The van der Waals surface area contributed by atoms with Crippen molar-refractivity contribution >= 4 is 11.4 Å². The van der Waals surface area contributed by atoms with Gasteiger partial charge in [-0.25, -0.2) is 0 Å². The predicted octanol–water partition coefficient (Wildman–Crippen LogP) is 2.07. The molecule has 2 aromatic heterocycles. The number of aliphatic hydroxyl groups excluding tert-OH is 1. The summed E-state index contributed by atoms with van der Waals surface area (Å²) in [6.07, 6.45) is 7.17. The van der Waals surface area contributed by atoms with Gasteiger partial charge in [0.25, 0.3) is 5.91 Å². The topological polar surface area (TPSA) is 45.0 Å². The van der Waals surface area contributed by atoms with Crippen molar-refractivity contribution in [1.29, 1.82) is 0 Å². The highest BCUT2D eigenvalue weighted by atomic mass is 16.3. The van der Waals surface area contributed by atoms with Crippen molar-refractivity contribution < 1.29 is 9.90 Å². The van der Waals surface area contributed by atoms with E-state index in [1.807, 2.05) is 46.0 Å². The molecule has 4 heteroatoms. The largest absolute Gasteiger partial charge is 0.393 e. The molecule has 2 bridgehead atoms. The first-order chi connectivity index (χ1) is 9.74. The number of rotatable bonds is 1. The van der Waals surface area contributed by atoms with Crippen LogP contribution >= 0.6 is 0 Å². The third kappa shape index (κ3) is 1.68. The van der Waals surface area contributed by atoms with E-state index in [0.29, 0.717) is 0 Å². The summed E-state index contributed by atoms with van der Waals surface area (Å²) in [5.41, 5.74) is 1.74. The van der Waals surface area contributed by atoms with Crippen LogP contribution in [0.4, 0.5) is 0 Å². The third-order valence-corrected chi connectivity index (χ3v) is 4.74. The molecule has 0 aliphatic carbocycles. The van der Waals surface area contributed by atoms with Crippen LogP contribution in [0.2, 0.25) is 0 Å². The summed E-state index contributed by atoms with van der Waals surface area (Å²) in [5, 5.41) is 9.85. The molecule has 1 N–H and O–H groups in total. The smallest absolute Gasteiger partial charge is 0.256 e. The minimum Gasteiger partial charge on any atom is -0.393 e. The minimum atomic E-state index is -0.234. The molecule has 4 nitrogen and oxygen atoms in total. The Morgan fingerprint density at radius 1 is 1.10 bits per heavy atom. The zero-order valence-electron chi connectivity index (χ0n) is 11.3. The van der Waals surface area contributed by atoms with E-state index in [1.165, 1.54) is 0 Å². The molecule has 2 fully saturated rings. The maximum atomic E-state index is 12.9. The molecular weight excluding hydrogens is 252 g/mol. The number of fused-ring (bicyclic) bond motifs is 3. The maximum Gasteiger partial charge on any atom is 0.256 e. The number of piperidine rings is 1. The maximum absolute atomic E-state index is 12.9. The van der Waals surface area contributed by atoms with Gasteiger partial charge in [0.05, 0.1) is 17.2 Å². The Bertz CT molecular complexity index is 649. The number of pyridine rings is 1. The molecule has 2 aliphatic rings. The second-order valence-corrected chi connectivity index (χ2v) is 5.95. The van der Waals surface area contributed by atoms with Crippen molar-refractivity contribution in [2.45, 2.75) is 43.9 Å². The monoisotopic (exact) mass is 270 g/mol. The third-order valence-electron chi connectivity index (χ3n) is 4.74. The number of nitrogens with zero attached hydrogens (tertiary/aromatic N) is 2. The number of aromatic nitrogens is 1. The predicted molar refractivity (Wildman–Crippen MR) is 75.6 cm³/mol. The molecule has 2 aliphatic heterocycles. The highest BCUT2D eigenvalue weighted by Gasteiger charge is 2.43. The van der Waals surface area contributed by atoms with Crippen LogP contribution in [-0.2, 0) is 0 Å². The van der Waals surface area contributed by atoms with E-state index in [2.05, 4.69) is 0 Å². The quantitative estimate of drug-likeness (QED) is 0.862. The molecule has 2 aromatic rings. The van der Waals surface area contributed by atoms with Crippen LogP contribution in [-0.4, -0.2) is 38.5 Å². The van der Waals surface area contributed by atoms with E-state index in [0.717, 1.165) is 36.8 Å². The van der Waals surface area contributed by atoms with Crippen molar-refractivity contribution in [3.05, 3.63) is 42.2 Å². The first-order valence-corrected chi connectivity index (χ1v) is 7.30. The zero-order chi connectivity index (χ0) is 13.7. The van der Waals surface area contributed by atoms with Gasteiger partial charge in [0, 0.05) is 24.5 Å². The Balaban J connectivity index is 1.71. The molecule has 2 unspecified atom stereocenters. The van der Waals surface area contributed by atoms with Crippen molar-refractivity contribution in [3.63, 3.8) is 0 Å². The average molecular weight is 270 g/mol. The lowest BCUT2D eigenvalue weighted by atomic mass is 9.99. The van der Waals surface area contributed by atoms with Crippen molar-refractivity contribution in [2.24, 2.45) is 0 Å². The number of carbonyl (C=O) groups excluding carboxylic acids is 1. The highest BCUT2D eigenvalue weighted by molar-refractivity contribution is 6.01. The van der Waals surface area contributed by atoms with Gasteiger partial charge in [-0.1, -0.05) is 6.07 Å². The summed E-state index contributed by atoms with van der Waals surface area (Å²) < 4.78 is 1.98. The number of carbonyl (C=O) groups is 1. The van der Waals surface area contributed by atoms with Crippen LogP contribution in [0.3, 0.4) is 0 Å². The van der Waals surface area contributed by atoms with Crippen molar-refractivity contribution in [3.8, 4) is 0 Å². The summed E-state index contributed by atoms with van der Waals surface area (Å²) in [7, 11) is 0. The van der Waals surface area contributed by atoms with Crippen LogP contribution in [0.5, 0.6) is 0 Å². The van der Waals surface area contributed by atoms with Crippen LogP contribution < -0.4 is 0 Å². The van der Waals surface area contributed by atoms with Crippen LogP contribution in [0, 0.1) is 0 Å². The second-order valence-electron chi connectivity index (χ2n) is 5.95. The second kappa shape index (κ2) is 4.35. The summed E-state index contributed by atoms with van der Waals surface area (Å²) >= 11 is 0. The Labute approximate surface area is 117 Å². The molecule has 104 valence electrons. The van der Waals surface area contributed by atoms with E-state index in [4.69, 9.17) is 0 Å². The van der Waals surface area contributed by atoms with Gasteiger partial charge in [-0.2, -0.15) is 0 Å². The van der Waals surface area contributed by atoms with Gasteiger partial charge in [-0.05, 0) is 43.9 Å². The summed E-state index contributed by atoms with van der Waals surface area (Å²) in [6.45, 7) is 0. The van der Waals surface area contributed by atoms with Crippen molar-refractivity contribution in [2.75, 3.05) is 0 Å². The van der Waals surface area contributed by atoms with Gasteiger partial charge in [-0.15, -0.1) is 0 Å². The molecule has 0 spiro atoms. The SMILES string of the molecule is O=C(c1ccn2ccccc12)N1C2CCC1CC(O)C2. The van der Waals surface area contributed by atoms with Gasteiger partial charge in [0.15, 0.2) is 0 Å². The zero-order valence-corrected chi connectivity index (χ0v) is 11.3. The van der Waals surface area contributed by atoms with Crippen LogP contribution in [0.15, 0.2) is 36.7 Å². The van der Waals surface area contributed by atoms with E-state index in [1.54, 1.807) is 0 Å². The Hall–Kier alpha value is -1.81. The van der Waals surface area contributed by atoms with Gasteiger partial charge in [-0.3, -0.25) is 4.79 Å². The summed E-state index contributed by atoms with van der Waals surface area (Å²) in [4.78, 5) is 14.9. The standard InChI is InChI=1S/C16H18N2O2/c19-13-9-11-4-5-12(10-13)18(11)16(20)14-6-8-17-7-2-1-3-15(14)17/h1-3,6-8,11-13,19H,4-5,9-10H2. The van der Waals surface area contributed by atoms with Gasteiger partial charge < -0.3 is 14.4 Å². The summed E-state index contributed by atoms with van der Waals surface area (Å²) in [6, 6.07) is 8.24. The van der Waals surface area contributed by atoms with Gasteiger partial charge in [0.1, 0.15) is 0 Å². The molecular formula is C16H18N2O2. The highest BCUT2D eigenvalue weighted by Crippen LogP contribution is 2.37. The Morgan fingerprint density at radius 2 is 1.85 bits per heavy atom. The molecule has 4 heterocycles. The van der Waals surface area contributed by atoms with Crippen LogP contribution in [0.1, 0.15) is 36.0 Å². The lowest BCUT2D eigenvalue weighted by Gasteiger charge is -2.37. The fourth-order valence-electron chi connectivity index (χ4n) is 3.85. The first kappa shape index (κ1) is 12.0. The fourth-order valence-corrected chi connectivity index (χ4v) is 3.85. The van der Waals surface area contributed by atoms with E-state index < -0.39 is 0 Å². The number of hydrogen-bond donors (Lipinski definition) is 1. The Kier molecular flexibility index (Phi) is 2.60. The lowest BCUT2D eigenvalue weighted by Crippen LogP contribution is -2.47. The van der Waals surface area contributed by atoms with Gasteiger partial charge in [0.2, 0.25) is 0 Å². The molecule has 20 heavy (non-hydrogen) atoms. The molecule has 2 atom stereocenters. The van der Waals surface area contributed by atoms with Crippen molar-refractivity contribution in [1.82, 2.24) is 9.30 Å². The van der Waals surface area contributed by atoms with Crippen LogP contribution in [0.25, 0.3) is 5.52 Å². The summed E-state index contributed by atoms with van der Waals surface area (Å²) in [5.74, 6) is 0.123. The minimum absolute atomic E-state index is 0.123. The molecule has 4 rings (SSSR count). The molecule has 2 saturated heterocycles. The lowest BCUT2D eigenvalue weighted by molar-refractivity contribution is 0.0288. The van der Waals surface area contributed by atoms with Gasteiger partial charge >= 0.3 is 0 Å². The van der Waals surface area contributed by atoms with E-state index in [-0.39, 0.29) is 24.1 Å². The number of aliphatic hydroxyl groups is 1. The van der Waals surface area contributed by atoms with E-state index >= 15 is 0 Å².